The summed E-state index contributed by atoms with van der Waals surface area (Å²) in [7, 11) is 0. The second-order valence-electron chi connectivity index (χ2n) is 5.33. The van der Waals surface area contributed by atoms with Crippen LogP contribution in [0.15, 0.2) is 24.3 Å². The maximum Gasteiger partial charge on any atom is 0.223 e. The van der Waals surface area contributed by atoms with Crippen molar-refractivity contribution in [1.29, 1.82) is 0 Å². The van der Waals surface area contributed by atoms with Crippen LogP contribution in [0.3, 0.4) is 0 Å². The molecule has 2 rings (SSSR count). The van der Waals surface area contributed by atoms with E-state index in [0.29, 0.717) is 32.1 Å². The van der Waals surface area contributed by atoms with Crippen molar-refractivity contribution < 1.29 is 13.9 Å². The molecule has 1 heterocycles. The lowest BCUT2D eigenvalue weighted by Gasteiger charge is -2.36. The van der Waals surface area contributed by atoms with Crippen LogP contribution in [0.4, 0.5) is 4.39 Å². The zero-order valence-electron chi connectivity index (χ0n) is 11.4. The van der Waals surface area contributed by atoms with Gasteiger partial charge < -0.3 is 9.64 Å². The Morgan fingerprint density at radius 2 is 2.11 bits per heavy atom. The molecule has 1 saturated heterocycles. The third-order valence-electron chi connectivity index (χ3n) is 3.29. The molecule has 0 spiro atoms. The number of halogens is 1. The molecule has 0 saturated carbocycles. The van der Waals surface area contributed by atoms with Gasteiger partial charge in [-0.15, -0.1) is 0 Å². The summed E-state index contributed by atoms with van der Waals surface area (Å²) in [5.74, 6) is 0.220. The maximum atomic E-state index is 13.0. The fraction of sp³-hybridized carbons (Fsp3) is 0.533. The first-order chi connectivity index (χ1) is 9.08. The van der Waals surface area contributed by atoms with Gasteiger partial charge in [0.1, 0.15) is 5.82 Å². The van der Waals surface area contributed by atoms with Crippen molar-refractivity contribution in [2.24, 2.45) is 5.92 Å². The van der Waals surface area contributed by atoms with E-state index in [1.807, 2.05) is 18.7 Å². The molecule has 0 aromatic heterocycles. The first-order valence-electron chi connectivity index (χ1n) is 6.70. The SMILES string of the molecule is CC(C)CC(=O)N1CCOCC1c1ccc(F)cc1. The van der Waals surface area contributed by atoms with E-state index in [2.05, 4.69) is 0 Å². The summed E-state index contributed by atoms with van der Waals surface area (Å²) in [5, 5.41) is 0. The number of ether oxygens (including phenoxy) is 1. The number of hydrogen-bond acceptors (Lipinski definition) is 2. The van der Waals surface area contributed by atoms with Gasteiger partial charge in [-0.05, 0) is 23.6 Å². The van der Waals surface area contributed by atoms with Crippen LogP contribution in [-0.4, -0.2) is 30.6 Å². The molecular weight excluding hydrogens is 245 g/mol. The number of nitrogens with zero attached hydrogens (tertiary/aromatic N) is 1. The molecule has 0 radical (unpaired) electrons. The first-order valence-corrected chi connectivity index (χ1v) is 6.70. The minimum atomic E-state index is -0.263. The normalized spacial score (nSPS) is 19.8. The molecule has 4 heteroatoms. The summed E-state index contributed by atoms with van der Waals surface area (Å²) in [5.41, 5.74) is 0.929. The van der Waals surface area contributed by atoms with Crippen LogP contribution in [0.25, 0.3) is 0 Å². The Kier molecular flexibility index (Phi) is 4.53. The van der Waals surface area contributed by atoms with Crippen LogP contribution in [0.5, 0.6) is 0 Å². The van der Waals surface area contributed by atoms with Crippen molar-refractivity contribution in [3.05, 3.63) is 35.6 Å². The Morgan fingerprint density at radius 3 is 2.74 bits per heavy atom. The average Bonchev–Trinajstić information content (AvgIpc) is 2.39. The molecule has 1 aliphatic heterocycles. The Bertz CT molecular complexity index is 430. The molecular formula is C15H20FNO2. The van der Waals surface area contributed by atoms with Crippen LogP contribution in [0.2, 0.25) is 0 Å². The largest absolute Gasteiger partial charge is 0.377 e. The van der Waals surface area contributed by atoms with Crippen molar-refractivity contribution in [2.75, 3.05) is 19.8 Å². The topological polar surface area (TPSA) is 29.5 Å². The quantitative estimate of drug-likeness (QED) is 0.841. The number of hydrogen-bond donors (Lipinski definition) is 0. The van der Waals surface area contributed by atoms with Gasteiger partial charge in [0, 0.05) is 13.0 Å². The third kappa shape index (κ3) is 3.53. The van der Waals surface area contributed by atoms with Crippen molar-refractivity contribution in [2.45, 2.75) is 26.3 Å². The Balaban J connectivity index is 2.15. The number of benzene rings is 1. The van der Waals surface area contributed by atoms with Crippen molar-refractivity contribution >= 4 is 5.91 Å². The zero-order valence-corrected chi connectivity index (χ0v) is 11.4. The third-order valence-corrected chi connectivity index (χ3v) is 3.29. The minimum absolute atomic E-state index is 0.0967. The van der Waals surface area contributed by atoms with E-state index in [-0.39, 0.29) is 17.8 Å². The lowest BCUT2D eigenvalue weighted by Crippen LogP contribution is -2.43. The summed E-state index contributed by atoms with van der Waals surface area (Å²) in [6.07, 6.45) is 0.539. The van der Waals surface area contributed by atoms with Crippen molar-refractivity contribution in [3.63, 3.8) is 0 Å². The smallest absolute Gasteiger partial charge is 0.223 e. The highest BCUT2D eigenvalue weighted by Gasteiger charge is 2.28. The standard InChI is InChI=1S/C15H20FNO2/c1-11(2)9-15(18)17-7-8-19-10-14(17)12-3-5-13(16)6-4-12/h3-6,11,14H,7-10H2,1-2H3. The van der Waals surface area contributed by atoms with Gasteiger partial charge in [0.15, 0.2) is 0 Å². The predicted molar refractivity (Wildman–Crippen MR) is 71.1 cm³/mol. The molecule has 1 aromatic rings. The fourth-order valence-electron chi connectivity index (χ4n) is 2.33. The van der Waals surface area contributed by atoms with E-state index in [0.717, 1.165) is 5.56 Å². The molecule has 1 aromatic carbocycles. The molecule has 1 aliphatic rings. The van der Waals surface area contributed by atoms with Gasteiger partial charge in [-0.1, -0.05) is 26.0 Å². The number of amides is 1. The lowest BCUT2D eigenvalue weighted by atomic mass is 10.0. The highest BCUT2D eigenvalue weighted by atomic mass is 19.1. The van der Waals surface area contributed by atoms with Crippen LogP contribution in [-0.2, 0) is 9.53 Å². The predicted octanol–water partition coefficient (Wildman–Crippen LogP) is 2.77. The second-order valence-corrected chi connectivity index (χ2v) is 5.33. The van der Waals surface area contributed by atoms with Crippen molar-refractivity contribution in [1.82, 2.24) is 4.90 Å². The molecule has 0 aliphatic carbocycles. The number of morpholine rings is 1. The van der Waals surface area contributed by atoms with Gasteiger partial charge in [0.25, 0.3) is 0 Å². The van der Waals surface area contributed by atoms with Gasteiger partial charge in [-0.25, -0.2) is 4.39 Å². The zero-order chi connectivity index (χ0) is 13.8. The van der Waals surface area contributed by atoms with Gasteiger partial charge in [0.2, 0.25) is 5.91 Å². The van der Waals surface area contributed by atoms with Gasteiger partial charge in [-0.2, -0.15) is 0 Å². The van der Waals surface area contributed by atoms with E-state index >= 15 is 0 Å². The Labute approximate surface area is 113 Å². The molecule has 1 unspecified atom stereocenters. The second kappa shape index (κ2) is 6.15. The lowest BCUT2D eigenvalue weighted by molar-refractivity contribution is -0.141. The first kappa shape index (κ1) is 14.0. The summed E-state index contributed by atoms with van der Waals surface area (Å²) < 4.78 is 18.4. The van der Waals surface area contributed by atoms with E-state index in [1.165, 1.54) is 12.1 Å². The van der Waals surface area contributed by atoms with E-state index in [1.54, 1.807) is 12.1 Å². The van der Waals surface area contributed by atoms with Crippen LogP contribution in [0.1, 0.15) is 31.9 Å². The highest BCUT2D eigenvalue weighted by Crippen LogP contribution is 2.25. The summed E-state index contributed by atoms with van der Waals surface area (Å²) in [4.78, 5) is 14.1. The van der Waals surface area contributed by atoms with Crippen LogP contribution < -0.4 is 0 Å². The van der Waals surface area contributed by atoms with Gasteiger partial charge in [0.05, 0.1) is 19.3 Å². The monoisotopic (exact) mass is 265 g/mol. The molecule has 1 atom stereocenters. The van der Waals surface area contributed by atoms with Gasteiger partial charge in [-0.3, -0.25) is 4.79 Å². The highest BCUT2D eigenvalue weighted by molar-refractivity contribution is 5.77. The number of carbonyl (C=O) groups excluding carboxylic acids is 1. The number of carbonyl (C=O) groups is 1. The summed E-state index contributed by atoms with van der Waals surface area (Å²) >= 11 is 0. The number of rotatable bonds is 3. The van der Waals surface area contributed by atoms with Crippen LogP contribution >= 0.6 is 0 Å². The van der Waals surface area contributed by atoms with Gasteiger partial charge >= 0.3 is 0 Å². The summed E-state index contributed by atoms with van der Waals surface area (Å²) in [6.45, 7) is 5.72. The molecule has 3 nitrogen and oxygen atoms in total. The molecule has 0 N–H and O–H groups in total. The maximum absolute atomic E-state index is 13.0. The summed E-state index contributed by atoms with van der Waals surface area (Å²) in [6, 6.07) is 6.21. The molecule has 1 amide bonds. The molecule has 19 heavy (non-hydrogen) atoms. The van der Waals surface area contributed by atoms with E-state index < -0.39 is 0 Å². The van der Waals surface area contributed by atoms with Crippen LogP contribution in [0, 0.1) is 11.7 Å². The van der Waals surface area contributed by atoms with Crippen molar-refractivity contribution in [3.8, 4) is 0 Å². The Hall–Kier alpha value is -1.42. The molecule has 1 fully saturated rings. The molecule has 104 valence electrons. The molecule has 0 bridgehead atoms. The Morgan fingerprint density at radius 1 is 1.42 bits per heavy atom. The van der Waals surface area contributed by atoms with E-state index in [4.69, 9.17) is 4.74 Å². The fourth-order valence-corrected chi connectivity index (χ4v) is 2.33. The van der Waals surface area contributed by atoms with E-state index in [9.17, 15) is 9.18 Å². The minimum Gasteiger partial charge on any atom is -0.377 e. The average molecular weight is 265 g/mol.